The second-order valence-corrected chi connectivity index (χ2v) is 7.30. The molecule has 0 unspecified atom stereocenters. The highest BCUT2D eigenvalue weighted by Gasteiger charge is 2.34. The summed E-state index contributed by atoms with van der Waals surface area (Å²) in [4.78, 5) is 25.7. The van der Waals surface area contributed by atoms with E-state index in [1.165, 1.54) is 6.92 Å². The number of rotatable bonds is 4. The van der Waals surface area contributed by atoms with Crippen LogP contribution in [0.25, 0.3) is 0 Å². The molecule has 9 heteroatoms. The third-order valence-electron chi connectivity index (χ3n) is 4.92. The fourth-order valence-corrected chi connectivity index (χ4v) is 3.32. The molecule has 0 aromatic heterocycles. The SMILES string of the molecule is CC(=O)NC[C@H]1CN(c2cc(F)c(N3CCC(C)(O)CC3)c(F)c2)C(=O)O1. The molecule has 1 aromatic rings. The largest absolute Gasteiger partial charge is 0.442 e. The quantitative estimate of drug-likeness (QED) is 0.828. The Hall–Kier alpha value is -2.42. The summed E-state index contributed by atoms with van der Waals surface area (Å²) >= 11 is 0. The van der Waals surface area contributed by atoms with Gasteiger partial charge in [0.05, 0.1) is 24.4 Å². The molecule has 0 radical (unpaired) electrons. The zero-order valence-electron chi connectivity index (χ0n) is 15.3. The van der Waals surface area contributed by atoms with Gasteiger partial charge in [-0.15, -0.1) is 0 Å². The van der Waals surface area contributed by atoms with Gasteiger partial charge >= 0.3 is 6.09 Å². The van der Waals surface area contributed by atoms with E-state index in [-0.39, 0.29) is 30.4 Å². The Labute approximate surface area is 155 Å². The van der Waals surface area contributed by atoms with Crippen LogP contribution in [0.4, 0.5) is 25.0 Å². The maximum absolute atomic E-state index is 14.6. The highest BCUT2D eigenvalue weighted by Crippen LogP contribution is 2.33. The van der Waals surface area contributed by atoms with Crippen molar-refractivity contribution in [1.82, 2.24) is 5.32 Å². The molecular formula is C18H23F2N3O4. The lowest BCUT2D eigenvalue weighted by molar-refractivity contribution is -0.119. The third kappa shape index (κ3) is 4.29. The van der Waals surface area contributed by atoms with Crippen LogP contribution in [0, 0.1) is 11.6 Å². The molecule has 1 atom stereocenters. The Morgan fingerprint density at radius 2 is 1.93 bits per heavy atom. The van der Waals surface area contributed by atoms with E-state index in [0.717, 1.165) is 17.0 Å². The minimum Gasteiger partial charge on any atom is -0.442 e. The molecule has 2 heterocycles. The average molecular weight is 383 g/mol. The Morgan fingerprint density at radius 3 is 2.48 bits per heavy atom. The summed E-state index contributed by atoms with van der Waals surface area (Å²) in [5, 5.41) is 12.5. The summed E-state index contributed by atoms with van der Waals surface area (Å²) < 4.78 is 34.4. The number of aliphatic hydroxyl groups is 1. The van der Waals surface area contributed by atoms with Crippen LogP contribution in [0.1, 0.15) is 26.7 Å². The number of halogens is 2. The van der Waals surface area contributed by atoms with Crippen molar-refractivity contribution in [2.45, 2.75) is 38.4 Å². The number of carbonyl (C=O) groups is 2. The van der Waals surface area contributed by atoms with Crippen LogP contribution in [0.3, 0.4) is 0 Å². The molecule has 0 spiro atoms. The van der Waals surface area contributed by atoms with E-state index >= 15 is 0 Å². The fraction of sp³-hybridized carbons (Fsp3) is 0.556. The molecule has 0 bridgehead atoms. The number of hydrogen-bond donors (Lipinski definition) is 2. The number of carbonyl (C=O) groups excluding carboxylic acids is 2. The van der Waals surface area contributed by atoms with Crippen LogP contribution in [-0.4, -0.2) is 55.0 Å². The lowest BCUT2D eigenvalue weighted by Crippen LogP contribution is -2.43. The maximum atomic E-state index is 14.6. The molecule has 1 aromatic carbocycles. The van der Waals surface area contributed by atoms with Crippen molar-refractivity contribution in [1.29, 1.82) is 0 Å². The van der Waals surface area contributed by atoms with E-state index in [1.54, 1.807) is 11.8 Å². The molecule has 0 aliphatic carbocycles. The lowest BCUT2D eigenvalue weighted by atomic mass is 9.93. The smallest absolute Gasteiger partial charge is 0.414 e. The van der Waals surface area contributed by atoms with Gasteiger partial charge in [-0.05, 0) is 19.8 Å². The Balaban J connectivity index is 1.75. The van der Waals surface area contributed by atoms with Crippen molar-refractivity contribution >= 4 is 23.4 Å². The summed E-state index contributed by atoms with van der Waals surface area (Å²) in [6.45, 7) is 3.95. The lowest BCUT2D eigenvalue weighted by Gasteiger charge is -2.37. The van der Waals surface area contributed by atoms with Gasteiger partial charge in [-0.1, -0.05) is 0 Å². The summed E-state index contributed by atoms with van der Waals surface area (Å²) in [5.41, 5.74) is -0.921. The minimum atomic E-state index is -0.828. The van der Waals surface area contributed by atoms with E-state index in [2.05, 4.69) is 5.32 Å². The van der Waals surface area contributed by atoms with Gasteiger partial charge in [-0.25, -0.2) is 13.6 Å². The molecule has 2 aliphatic heterocycles. The Morgan fingerprint density at radius 1 is 1.33 bits per heavy atom. The molecule has 2 aliphatic rings. The number of ether oxygens (including phenoxy) is 1. The summed E-state index contributed by atoms with van der Waals surface area (Å²) in [5.74, 6) is -1.80. The van der Waals surface area contributed by atoms with Crippen LogP contribution in [-0.2, 0) is 9.53 Å². The molecule has 7 nitrogen and oxygen atoms in total. The molecule has 2 N–H and O–H groups in total. The van der Waals surface area contributed by atoms with E-state index in [0.29, 0.717) is 25.9 Å². The first-order valence-corrected chi connectivity index (χ1v) is 8.85. The molecule has 2 fully saturated rings. The number of nitrogens with one attached hydrogen (secondary N) is 1. The van der Waals surface area contributed by atoms with Crippen molar-refractivity contribution in [2.75, 3.05) is 36.0 Å². The third-order valence-corrected chi connectivity index (χ3v) is 4.92. The average Bonchev–Trinajstić information content (AvgIpc) is 2.94. The summed E-state index contributed by atoms with van der Waals surface area (Å²) in [7, 11) is 0. The topological polar surface area (TPSA) is 82.1 Å². The number of amides is 2. The Kier molecular flexibility index (Phi) is 5.23. The van der Waals surface area contributed by atoms with E-state index in [1.807, 2.05) is 0 Å². The molecule has 0 saturated carbocycles. The van der Waals surface area contributed by atoms with Crippen LogP contribution in [0.15, 0.2) is 12.1 Å². The van der Waals surface area contributed by atoms with Gasteiger partial charge in [0.1, 0.15) is 11.8 Å². The van der Waals surface area contributed by atoms with Crippen molar-refractivity contribution in [2.24, 2.45) is 0 Å². The first kappa shape index (κ1) is 19.3. The van der Waals surface area contributed by atoms with Gasteiger partial charge in [-0.2, -0.15) is 0 Å². The number of cyclic esters (lactones) is 1. The second-order valence-electron chi connectivity index (χ2n) is 7.30. The maximum Gasteiger partial charge on any atom is 0.414 e. The number of nitrogens with zero attached hydrogens (tertiary/aromatic N) is 2. The van der Waals surface area contributed by atoms with Gasteiger partial charge < -0.3 is 20.1 Å². The number of hydrogen-bond acceptors (Lipinski definition) is 5. The molecule has 27 heavy (non-hydrogen) atoms. The standard InChI is InChI=1S/C18H23F2N3O4/c1-11(24)21-9-13-10-23(17(25)27-13)12-7-14(19)16(15(20)8-12)22-5-3-18(2,26)4-6-22/h7-8,13,26H,3-6,9-10H2,1-2H3,(H,21,24)/t13-/m0/s1. The first-order valence-electron chi connectivity index (χ1n) is 8.85. The van der Waals surface area contributed by atoms with Crippen molar-refractivity contribution in [3.05, 3.63) is 23.8 Å². The van der Waals surface area contributed by atoms with E-state index < -0.39 is 29.4 Å². The molecule has 3 rings (SSSR count). The molecule has 148 valence electrons. The molecule has 2 amide bonds. The van der Waals surface area contributed by atoms with Crippen molar-refractivity contribution < 1.29 is 28.2 Å². The van der Waals surface area contributed by atoms with Crippen LogP contribution in [0.2, 0.25) is 0 Å². The van der Waals surface area contributed by atoms with Crippen LogP contribution < -0.4 is 15.1 Å². The van der Waals surface area contributed by atoms with Gasteiger partial charge in [0, 0.05) is 32.1 Å². The zero-order chi connectivity index (χ0) is 19.8. The van der Waals surface area contributed by atoms with Crippen molar-refractivity contribution in [3.8, 4) is 0 Å². The number of benzene rings is 1. The van der Waals surface area contributed by atoms with E-state index in [9.17, 15) is 23.5 Å². The molecular weight excluding hydrogens is 360 g/mol. The predicted molar refractivity (Wildman–Crippen MR) is 94.7 cm³/mol. The van der Waals surface area contributed by atoms with Crippen LogP contribution in [0.5, 0.6) is 0 Å². The van der Waals surface area contributed by atoms with Gasteiger partial charge in [0.25, 0.3) is 0 Å². The highest BCUT2D eigenvalue weighted by molar-refractivity contribution is 5.90. The second kappa shape index (κ2) is 7.30. The van der Waals surface area contributed by atoms with Crippen molar-refractivity contribution in [3.63, 3.8) is 0 Å². The fourth-order valence-electron chi connectivity index (χ4n) is 3.32. The zero-order valence-corrected chi connectivity index (χ0v) is 15.3. The highest BCUT2D eigenvalue weighted by atomic mass is 19.1. The van der Waals surface area contributed by atoms with Crippen LogP contribution >= 0.6 is 0 Å². The van der Waals surface area contributed by atoms with Gasteiger partial charge in [0.2, 0.25) is 5.91 Å². The van der Waals surface area contributed by atoms with Gasteiger partial charge in [0.15, 0.2) is 11.6 Å². The Bertz CT molecular complexity index is 723. The monoisotopic (exact) mass is 383 g/mol. The van der Waals surface area contributed by atoms with E-state index in [4.69, 9.17) is 4.74 Å². The number of piperidine rings is 1. The normalized spacial score (nSPS) is 22.0. The molecule has 2 saturated heterocycles. The predicted octanol–water partition coefficient (Wildman–Crippen LogP) is 1.78. The minimum absolute atomic E-state index is 0.0630. The number of anilines is 2. The summed E-state index contributed by atoms with van der Waals surface area (Å²) in [6, 6.07) is 2.21. The van der Waals surface area contributed by atoms with Gasteiger partial charge in [-0.3, -0.25) is 9.69 Å². The first-order chi connectivity index (χ1) is 12.7. The summed E-state index contributed by atoms with van der Waals surface area (Å²) in [6.07, 6.45) is -0.476.